The highest BCUT2D eigenvalue weighted by Gasteiger charge is 2.39. The van der Waals surface area contributed by atoms with Crippen LogP contribution in [0.4, 0.5) is 0 Å². The number of benzene rings is 1. The van der Waals surface area contributed by atoms with E-state index in [4.69, 9.17) is 9.47 Å². The normalized spacial score (nSPS) is 15.0. The van der Waals surface area contributed by atoms with Crippen molar-refractivity contribution in [1.29, 1.82) is 0 Å². The molecule has 4 heteroatoms. The Labute approximate surface area is 120 Å². The molecule has 0 N–H and O–H groups in total. The lowest BCUT2D eigenvalue weighted by molar-refractivity contribution is -0.152. The number of amides is 1. The van der Waals surface area contributed by atoms with Gasteiger partial charge in [-0.3, -0.25) is 4.79 Å². The number of ether oxygens (including phenoxy) is 2. The first-order valence-electron chi connectivity index (χ1n) is 6.97. The van der Waals surface area contributed by atoms with E-state index < -0.39 is 5.60 Å². The molecule has 4 nitrogen and oxygen atoms in total. The van der Waals surface area contributed by atoms with E-state index in [0.717, 1.165) is 24.2 Å². The van der Waals surface area contributed by atoms with Gasteiger partial charge in [0.2, 0.25) is 0 Å². The Bertz CT molecular complexity index is 480. The first kappa shape index (κ1) is 14.9. The molecule has 0 unspecified atom stereocenters. The van der Waals surface area contributed by atoms with Gasteiger partial charge in [0.25, 0.3) is 5.91 Å². The van der Waals surface area contributed by atoms with E-state index in [9.17, 15) is 4.79 Å². The Balaban J connectivity index is 2.20. The molecular weight excluding hydrogens is 254 g/mol. The number of nitrogens with zero attached hydrogens (tertiary/aromatic N) is 1. The van der Waals surface area contributed by atoms with E-state index in [-0.39, 0.29) is 5.91 Å². The van der Waals surface area contributed by atoms with Gasteiger partial charge in [-0.05, 0) is 32.8 Å². The summed E-state index contributed by atoms with van der Waals surface area (Å²) in [6.45, 7) is 4.19. The molecule has 0 radical (unpaired) electrons. The van der Waals surface area contributed by atoms with Crippen LogP contribution in [0.5, 0.6) is 5.75 Å². The van der Waals surface area contributed by atoms with E-state index in [0.29, 0.717) is 12.6 Å². The van der Waals surface area contributed by atoms with E-state index in [2.05, 4.69) is 0 Å². The maximum absolute atomic E-state index is 12.6. The van der Waals surface area contributed by atoms with Crippen molar-refractivity contribution in [2.45, 2.75) is 44.9 Å². The lowest BCUT2D eigenvalue weighted by Gasteiger charge is -2.31. The third-order valence-electron chi connectivity index (χ3n) is 3.81. The highest BCUT2D eigenvalue weighted by molar-refractivity contribution is 5.85. The molecule has 0 spiro atoms. The minimum Gasteiger partial charge on any atom is -0.496 e. The zero-order chi connectivity index (χ0) is 14.8. The molecule has 1 aliphatic rings. The van der Waals surface area contributed by atoms with Crippen LogP contribution < -0.4 is 4.74 Å². The Kier molecular flexibility index (Phi) is 4.33. The fourth-order valence-corrected chi connectivity index (χ4v) is 2.20. The molecule has 1 saturated carbocycles. The molecular formula is C16H23NO3. The molecule has 0 atom stereocenters. The number of hydrogen-bond acceptors (Lipinski definition) is 3. The van der Waals surface area contributed by atoms with Gasteiger partial charge in [-0.25, -0.2) is 0 Å². The maximum atomic E-state index is 12.6. The molecule has 20 heavy (non-hydrogen) atoms. The van der Waals surface area contributed by atoms with Gasteiger partial charge < -0.3 is 14.4 Å². The van der Waals surface area contributed by atoms with E-state index in [1.807, 2.05) is 43.0 Å². The highest BCUT2D eigenvalue weighted by Crippen LogP contribution is 2.32. The quantitative estimate of drug-likeness (QED) is 0.802. The van der Waals surface area contributed by atoms with Crippen molar-refractivity contribution < 1.29 is 14.3 Å². The van der Waals surface area contributed by atoms with Crippen LogP contribution in [-0.4, -0.2) is 36.7 Å². The largest absolute Gasteiger partial charge is 0.496 e. The second-order valence-corrected chi connectivity index (χ2v) is 5.69. The molecule has 2 rings (SSSR count). The fourth-order valence-electron chi connectivity index (χ4n) is 2.20. The Morgan fingerprint density at radius 3 is 2.50 bits per heavy atom. The predicted octanol–water partition coefficient (Wildman–Crippen LogP) is 2.61. The average Bonchev–Trinajstić information content (AvgIpc) is 3.29. The summed E-state index contributed by atoms with van der Waals surface area (Å²) in [7, 11) is 3.23. The zero-order valence-electron chi connectivity index (χ0n) is 12.7. The predicted molar refractivity (Wildman–Crippen MR) is 77.7 cm³/mol. The van der Waals surface area contributed by atoms with Crippen LogP contribution in [0.25, 0.3) is 0 Å². The molecule has 110 valence electrons. The summed E-state index contributed by atoms with van der Waals surface area (Å²) < 4.78 is 10.7. The van der Waals surface area contributed by atoms with Crippen molar-refractivity contribution in [3.63, 3.8) is 0 Å². The summed E-state index contributed by atoms with van der Waals surface area (Å²) in [5.74, 6) is 0.856. The van der Waals surface area contributed by atoms with Crippen LogP contribution in [0.2, 0.25) is 0 Å². The monoisotopic (exact) mass is 277 g/mol. The second kappa shape index (κ2) is 5.83. The molecule has 0 aliphatic heterocycles. The van der Waals surface area contributed by atoms with E-state index in [1.54, 1.807) is 14.2 Å². The second-order valence-electron chi connectivity index (χ2n) is 5.69. The molecule has 1 aliphatic carbocycles. The zero-order valence-corrected chi connectivity index (χ0v) is 12.7. The third kappa shape index (κ3) is 3.12. The van der Waals surface area contributed by atoms with Gasteiger partial charge in [-0.15, -0.1) is 0 Å². The summed E-state index contributed by atoms with van der Waals surface area (Å²) in [5, 5.41) is 0. The van der Waals surface area contributed by atoms with Gasteiger partial charge in [0.05, 0.1) is 7.11 Å². The molecule has 0 heterocycles. The minimum absolute atomic E-state index is 0.0356. The number of hydrogen-bond donors (Lipinski definition) is 0. The van der Waals surface area contributed by atoms with E-state index >= 15 is 0 Å². The van der Waals surface area contributed by atoms with Gasteiger partial charge in [0, 0.05) is 25.3 Å². The van der Waals surface area contributed by atoms with Crippen molar-refractivity contribution in [1.82, 2.24) is 4.90 Å². The van der Waals surface area contributed by atoms with Crippen LogP contribution in [0.1, 0.15) is 32.3 Å². The molecule has 0 bridgehead atoms. The van der Waals surface area contributed by atoms with Gasteiger partial charge in [-0.2, -0.15) is 0 Å². The van der Waals surface area contributed by atoms with Crippen LogP contribution in [0.15, 0.2) is 24.3 Å². The number of para-hydroxylation sites is 1. The average molecular weight is 277 g/mol. The Morgan fingerprint density at radius 1 is 1.30 bits per heavy atom. The van der Waals surface area contributed by atoms with Crippen LogP contribution in [0, 0.1) is 0 Å². The standard InChI is InChI=1S/C16H23NO3/c1-16(2,20-4)15(18)17(13-9-10-13)11-12-7-5-6-8-14(12)19-3/h5-8,13H,9-11H2,1-4H3. The van der Waals surface area contributed by atoms with Crippen molar-refractivity contribution in [3.05, 3.63) is 29.8 Å². The minimum atomic E-state index is -0.787. The molecule has 1 fully saturated rings. The van der Waals surface area contributed by atoms with Crippen molar-refractivity contribution in [3.8, 4) is 5.75 Å². The van der Waals surface area contributed by atoms with Crippen LogP contribution in [0.3, 0.4) is 0 Å². The van der Waals surface area contributed by atoms with Gasteiger partial charge >= 0.3 is 0 Å². The number of carbonyl (C=O) groups excluding carboxylic acids is 1. The SMILES string of the molecule is COc1ccccc1CN(C(=O)C(C)(C)OC)C1CC1. The smallest absolute Gasteiger partial charge is 0.254 e. The van der Waals surface area contributed by atoms with Crippen molar-refractivity contribution in [2.75, 3.05) is 14.2 Å². The summed E-state index contributed by atoms with van der Waals surface area (Å²) >= 11 is 0. The molecule has 1 aromatic carbocycles. The number of carbonyl (C=O) groups is 1. The molecule has 0 saturated heterocycles. The molecule has 0 aromatic heterocycles. The molecule has 1 aromatic rings. The van der Waals surface area contributed by atoms with Gasteiger partial charge in [-0.1, -0.05) is 18.2 Å². The van der Waals surface area contributed by atoms with Gasteiger partial charge in [0.1, 0.15) is 11.4 Å². The lowest BCUT2D eigenvalue weighted by Crippen LogP contribution is -2.47. The first-order valence-corrected chi connectivity index (χ1v) is 6.97. The van der Waals surface area contributed by atoms with Crippen molar-refractivity contribution in [2.24, 2.45) is 0 Å². The highest BCUT2D eigenvalue weighted by atomic mass is 16.5. The fraction of sp³-hybridized carbons (Fsp3) is 0.562. The van der Waals surface area contributed by atoms with E-state index in [1.165, 1.54) is 0 Å². The summed E-state index contributed by atoms with van der Waals surface area (Å²) in [6, 6.07) is 8.16. The Morgan fingerprint density at radius 2 is 1.95 bits per heavy atom. The van der Waals surface area contributed by atoms with Crippen LogP contribution in [-0.2, 0) is 16.1 Å². The summed E-state index contributed by atoms with van der Waals surface area (Å²) in [6.07, 6.45) is 2.14. The number of rotatable bonds is 6. The summed E-state index contributed by atoms with van der Waals surface area (Å²) in [4.78, 5) is 14.6. The topological polar surface area (TPSA) is 38.8 Å². The first-order chi connectivity index (χ1) is 9.49. The number of methoxy groups -OCH3 is 2. The lowest BCUT2D eigenvalue weighted by atomic mass is 10.1. The summed E-state index contributed by atoms with van der Waals surface area (Å²) in [5.41, 5.74) is 0.243. The van der Waals surface area contributed by atoms with Gasteiger partial charge in [0.15, 0.2) is 0 Å². The van der Waals surface area contributed by atoms with Crippen LogP contribution >= 0.6 is 0 Å². The Hall–Kier alpha value is -1.55. The van der Waals surface area contributed by atoms with Crippen molar-refractivity contribution >= 4 is 5.91 Å². The maximum Gasteiger partial charge on any atom is 0.254 e. The molecule has 1 amide bonds. The third-order valence-corrected chi connectivity index (χ3v) is 3.81.